The zero-order valence-corrected chi connectivity index (χ0v) is 53.1. The molecule has 0 radical (unpaired) electrons. The normalized spacial score (nSPS) is 22.5. The first-order valence-corrected chi connectivity index (χ1v) is 32.0. The molecule has 29 heteroatoms. The number of aromatic amines is 1. The lowest BCUT2D eigenvalue weighted by Gasteiger charge is -2.31. The predicted octanol–water partition coefficient (Wildman–Crippen LogP) is -2.08. The minimum Gasteiger partial charge on any atom is -0.391 e. The van der Waals surface area contributed by atoms with Gasteiger partial charge in [0, 0.05) is 62.3 Å². The third-order valence-electron chi connectivity index (χ3n) is 16.2. The second-order valence-corrected chi connectivity index (χ2v) is 23.8. The number of unbranched alkanes of at least 4 members (excludes halogenated alkanes) is 2. The second kappa shape index (κ2) is 38.3. The van der Waals surface area contributed by atoms with E-state index in [9.17, 15) is 53.1 Å². The predicted molar refractivity (Wildman–Crippen MR) is 345 cm³/mol. The van der Waals surface area contributed by atoms with Gasteiger partial charge in [0.2, 0.25) is 59.1 Å². The summed E-state index contributed by atoms with van der Waals surface area (Å²) in [6.45, 7) is 5.59. The van der Waals surface area contributed by atoms with Crippen molar-refractivity contribution in [3.63, 3.8) is 0 Å². The van der Waals surface area contributed by atoms with Gasteiger partial charge in [-0.1, -0.05) is 68.3 Å². The number of H-pyrrole nitrogens is 1. The lowest BCUT2D eigenvalue weighted by molar-refractivity contribution is -0.143. The van der Waals surface area contributed by atoms with Crippen molar-refractivity contribution in [3.8, 4) is 0 Å². The molecule has 0 spiro atoms. The number of aliphatic hydroxyl groups is 1. The highest BCUT2D eigenvalue weighted by atomic mass is 16.3. The van der Waals surface area contributed by atoms with Crippen LogP contribution in [-0.4, -0.2) is 185 Å². The Hall–Kier alpha value is -8.54. The summed E-state index contributed by atoms with van der Waals surface area (Å²) in [5.41, 5.74) is 30.5. The van der Waals surface area contributed by atoms with E-state index in [4.69, 9.17) is 28.7 Å². The molecule has 3 heterocycles. The van der Waals surface area contributed by atoms with E-state index in [2.05, 4.69) is 57.8 Å². The summed E-state index contributed by atoms with van der Waals surface area (Å²) in [5, 5.41) is 37.0. The highest BCUT2D eigenvalue weighted by molar-refractivity contribution is 5.99. The maximum atomic E-state index is 15.1. The van der Waals surface area contributed by atoms with Gasteiger partial charge in [-0.05, 0) is 121 Å². The highest BCUT2D eigenvalue weighted by Crippen LogP contribution is 2.23. The zero-order valence-electron chi connectivity index (χ0n) is 53.1. The quantitative estimate of drug-likeness (QED) is 0.0260. The number of carbonyl (C=O) groups excluding carboxylic acids is 11. The second-order valence-electron chi connectivity index (χ2n) is 23.8. The molecule has 0 saturated carbocycles. The first-order chi connectivity index (χ1) is 44.0. The summed E-state index contributed by atoms with van der Waals surface area (Å²) in [4.78, 5) is 163. The number of aliphatic hydroxyl groups excluding tert-OH is 1. The smallest absolute Gasteiger partial charge is 0.245 e. The highest BCUT2D eigenvalue weighted by Gasteiger charge is 2.44. The van der Waals surface area contributed by atoms with Crippen LogP contribution in [0.4, 0.5) is 0 Å². The van der Waals surface area contributed by atoms with Crippen LogP contribution in [0.3, 0.4) is 0 Å². The number of carbonyl (C=O) groups is 11. The van der Waals surface area contributed by atoms with Crippen LogP contribution in [0, 0.1) is 0 Å². The summed E-state index contributed by atoms with van der Waals surface area (Å²) in [6, 6.07) is 3.20. The molecule has 10 amide bonds. The molecule has 29 nitrogen and oxygen atoms in total. The van der Waals surface area contributed by atoms with Crippen molar-refractivity contribution < 1.29 is 57.8 Å². The van der Waals surface area contributed by atoms with E-state index in [1.807, 2.05) is 31.2 Å². The Balaban J connectivity index is 1.48. The van der Waals surface area contributed by atoms with Crippen LogP contribution in [0.15, 0.2) is 65.8 Å². The Morgan fingerprint density at radius 3 is 2.04 bits per heavy atom. The van der Waals surface area contributed by atoms with E-state index in [-0.39, 0.29) is 88.9 Å². The van der Waals surface area contributed by atoms with E-state index < -0.39 is 132 Å². The molecule has 0 aliphatic carbocycles. The van der Waals surface area contributed by atoms with Crippen LogP contribution in [0.25, 0.3) is 10.9 Å². The van der Waals surface area contributed by atoms with Gasteiger partial charge >= 0.3 is 0 Å². The molecule has 2 aliphatic heterocycles. The number of nitrogens with two attached hydrogens (primary N) is 5. The Morgan fingerprint density at radius 1 is 0.696 bits per heavy atom. The zero-order chi connectivity index (χ0) is 67.3. The van der Waals surface area contributed by atoms with Crippen LogP contribution in [0.5, 0.6) is 0 Å². The van der Waals surface area contributed by atoms with E-state index >= 15 is 4.79 Å². The molecule has 2 saturated heterocycles. The molecule has 1 aromatic heterocycles. The van der Waals surface area contributed by atoms with Crippen LogP contribution in [0.2, 0.25) is 0 Å². The van der Waals surface area contributed by atoms with Gasteiger partial charge in [-0.15, -0.1) is 0 Å². The number of ketones is 1. The number of Topliss-reactive ketones (excluding diaryl/α,β-unsaturated/α-hetero) is 1. The molecule has 5 rings (SSSR count). The number of benzene rings is 2. The van der Waals surface area contributed by atoms with Gasteiger partial charge in [0.1, 0.15) is 60.2 Å². The minimum atomic E-state index is -1.50. The van der Waals surface area contributed by atoms with Gasteiger partial charge in [0.05, 0.1) is 12.1 Å². The first-order valence-electron chi connectivity index (χ1n) is 32.0. The number of hydrogen-bond acceptors (Lipinski definition) is 16. The fourth-order valence-electron chi connectivity index (χ4n) is 10.9. The summed E-state index contributed by atoms with van der Waals surface area (Å²) in [6.07, 6.45) is 3.42. The monoisotopic (exact) mass is 1280 g/mol. The molecule has 2 fully saturated rings. The number of amides is 10. The minimum absolute atomic E-state index is 0.0349. The number of aromatic nitrogens is 1. The Bertz CT molecular complexity index is 2990. The molecule has 2 aliphatic rings. The largest absolute Gasteiger partial charge is 0.391 e. The number of rotatable bonds is 24. The van der Waals surface area contributed by atoms with Gasteiger partial charge in [-0.25, -0.2) is 0 Å². The van der Waals surface area contributed by atoms with Crippen molar-refractivity contribution >= 4 is 81.7 Å². The number of fused-ring (bicyclic) bond motifs is 2. The topological polar surface area (TPSA) is 478 Å². The molecule has 21 N–H and O–H groups in total. The van der Waals surface area contributed by atoms with Crippen molar-refractivity contribution in [2.75, 3.05) is 32.7 Å². The van der Waals surface area contributed by atoms with Gasteiger partial charge in [-0.3, -0.25) is 57.7 Å². The summed E-state index contributed by atoms with van der Waals surface area (Å²) in [7, 11) is 0. The fraction of sp³-hybridized carbons (Fsp3) is 0.587. The van der Waals surface area contributed by atoms with Crippen molar-refractivity contribution in [2.24, 2.45) is 33.7 Å². The van der Waals surface area contributed by atoms with Crippen molar-refractivity contribution in [1.29, 1.82) is 0 Å². The Morgan fingerprint density at radius 2 is 1.34 bits per heavy atom. The Labute approximate surface area is 536 Å². The Kier molecular flexibility index (Phi) is 30.9. The molecular formula is C63H97N17O12. The summed E-state index contributed by atoms with van der Waals surface area (Å²) < 4.78 is 0. The lowest BCUT2D eigenvalue weighted by Crippen LogP contribution is -2.60. The van der Waals surface area contributed by atoms with E-state index in [1.54, 1.807) is 36.5 Å². The van der Waals surface area contributed by atoms with Crippen LogP contribution >= 0.6 is 0 Å². The first kappa shape index (κ1) is 74.2. The standard InChI is InChI=1S/C63H97N17O12/c1-4-5-21-46(75-55(85)38(3)72-56(86)47(24-11-13-28-64)74-54(84)37(2)65)57(87)77-49-27-26-41(81)19-15-30-69-29-14-12-23-45(53(66)83)73-60(90)51(33-40-35-71-44-22-10-9-20-43(40)44)78-58(88)48(25-16-31-70-63(67)68)76-59(89)50(32-39-17-7-6-8-18-39)79-61(91)52-34-42(82)36-80(52)62(49)92/h6-10,17-18,20,22,35,37-38,42,45-52,69,71,82H,4-5,11-16,19,21,23-34,36,64-65H2,1-3H3,(H2,66,83)(H,72,86)(H,73,90)(H,74,84)(H,75,85)(H,76,89)(H,77,87)(H,78,88)(H,79,91)(H4,67,68,70)/t37-,38-,42+,45-,46-,47-,48-,49-,50+,51-,52-/m0/s1. The molecule has 0 bridgehead atoms. The van der Waals surface area contributed by atoms with E-state index in [0.29, 0.717) is 75.7 Å². The van der Waals surface area contributed by atoms with Crippen molar-refractivity contribution in [2.45, 2.75) is 203 Å². The number of nitrogens with zero attached hydrogens (tertiary/aromatic N) is 2. The number of hydrogen-bond donors (Lipinski definition) is 16. The number of para-hydroxylation sites is 1. The van der Waals surface area contributed by atoms with Gasteiger partial charge in [0.15, 0.2) is 5.96 Å². The summed E-state index contributed by atoms with van der Waals surface area (Å²) in [5.74, 6) is -8.23. The number of aliphatic imine (C=N–C) groups is 1. The van der Waals surface area contributed by atoms with Crippen LogP contribution in [-0.2, 0) is 65.6 Å². The SMILES string of the molecule is CCCC[C@H](NC(=O)[C@H](C)NC(=O)[C@H](CCCCN)NC(=O)[C@H](C)N)C(=O)N[C@H]1CCC(=O)CCCNCCCC[C@@H](C(N)=O)NC(=O)[C@H](Cc2c[nH]c3ccccc23)NC(=O)[C@H](CCCN=C(N)N)NC(=O)[C@@H](Cc2ccccc2)NC(=O)[C@@H]2C[C@@H](O)CN2C1=O. The third kappa shape index (κ3) is 24.3. The third-order valence-corrected chi connectivity index (χ3v) is 16.2. The van der Waals surface area contributed by atoms with E-state index in [0.717, 1.165) is 15.8 Å². The lowest BCUT2D eigenvalue weighted by atomic mass is 10.0. The molecule has 11 atom stereocenters. The van der Waals surface area contributed by atoms with Crippen molar-refractivity contribution in [1.82, 2.24) is 57.7 Å². The summed E-state index contributed by atoms with van der Waals surface area (Å²) >= 11 is 0. The fourth-order valence-corrected chi connectivity index (χ4v) is 10.9. The molecule has 0 unspecified atom stereocenters. The maximum Gasteiger partial charge on any atom is 0.245 e. The molecule has 506 valence electrons. The van der Waals surface area contributed by atoms with Gasteiger partial charge < -0.3 is 91.5 Å². The number of nitrogens with one attached hydrogen (secondary N) is 10. The molecule has 3 aromatic rings. The molecular weight excluding hydrogens is 1190 g/mol. The maximum absolute atomic E-state index is 15.1. The number of primary amides is 1. The number of guanidine groups is 1. The van der Waals surface area contributed by atoms with Crippen molar-refractivity contribution in [3.05, 3.63) is 71.9 Å². The van der Waals surface area contributed by atoms with Gasteiger partial charge in [-0.2, -0.15) is 0 Å². The average Bonchev–Trinajstić information content (AvgIpc) is 1.72. The van der Waals surface area contributed by atoms with Crippen LogP contribution in [0.1, 0.15) is 135 Å². The van der Waals surface area contributed by atoms with Crippen LogP contribution < -0.4 is 76.5 Å². The molecule has 2 aromatic carbocycles. The average molecular weight is 1280 g/mol. The van der Waals surface area contributed by atoms with Gasteiger partial charge in [0.25, 0.3) is 0 Å². The molecule has 92 heavy (non-hydrogen) atoms. The van der Waals surface area contributed by atoms with E-state index in [1.165, 1.54) is 13.8 Å².